The molecular formula is C19H24F2N2O3. The first kappa shape index (κ1) is 16.7. The molecule has 1 aromatic rings. The topological polar surface area (TPSA) is 34.2 Å². The average Bonchev–Trinajstić information content (AvgIpc) is 3.24. The molecule has 0 aromatic heterocycles. The van der Waals surface area contributed by atoms with E-state index in [-0.39, 0.29) is 17.1 Å². The van der Waals surface area contributed by atoms with E-state index in [0.717, 1.165) is 38.0 Å². The Hall–Kier alpha value is -1.44. The van der Waals surface area contributed by atoms with Crippen LogP contribution >= 0.6 is 0 Å². The number of nitrogens with zero attached hydrogens (tertiary/aromatic N) is 2. The molecule has 2 bridgehead atoms. The number of hydrogen-bond donors (Lipinski definition) is 0. The SMILES string of the molecule is CN(C)C[C@H]1[C@H]2CN(Cc3ccc4c(c3)OC(F)(F)O4)C[C@]23CC[C@H]1O3. The summed E-state index contributed by atoms with van der Waals surface area (Å²) in [6, 6.07) is 5.07. The highest BCUT2D eigenvalue weighted by molar-refractivity contribution is 5.45. The van der Waals surface area contributed by atoms with Crippen LogP contribution < -0.4 is 9.47 Å². The van der Waals surface area contributed by atoms with Gasteiger partial charge in [-0.05, 0) is 44.6 Å². The van der Waals surface area contributed by atoms with Crippen LogP contribution in [0.4, 0.5) is 8.78 Å². The second kappa shape index (κ2) is 5.53. The molecule has 0 N–H and O–H groups in total. The maximum absolute atomic E-state index is 13.2. The standard InChI is InChI=1S/C19H24F2N2O3/c1-22(2)9-13-14-10-23(11-18(14)6-5-15(13)24-18)8-12-3-4-16-17(7-12)26-19(20,21)25-16/h3-4,7,13-15H,5-6,8-11H2,1-2H3/t13-,14+,15+,18+/m0/s1. The molecule has 5 rings (SSSR count). The molecule has 4 aliphatic rings. The molecule has 4 heterocycles. The van der Waals surface area contributed by atoms with E-state index in [2.05, 4.69) is 33.4 Å². The van der Waals surface area contributed by atoms with E-state index in [4.69, 9.17) is 4.74 Å². The maximum atomic E-state index is 13.2. The van der Waals surface area contributed by atoms with Crippen molar-refractivity contribution in [2.24, 2.45) is 11.8 Å². The van der Waals surface area contributed by atoms with Crippen LogP contribution in [0.1, 0.15) is 18.4 Å². The summed E-state index contributed by atoms with van der Waals surface area (Å²) in [4.78, 5) is 4.65. The van der Waals surface area contributed by atoms with Gasteiger partial charge in [0, 0.05) is 38.0 Å². The number of alkyl halides is 2. The summed E-state index contributed by atoms with van der Waals surface area (Å²) in [6.07, 6.45) is -0.869. The minimum atomic E-state index is -3.56. The van der Waals surface area contributed by atoms with E-state index in [0.29, 0.717) is 24.5 Å². The third kappa shape index (κ3) is 2.60. The quantitative estimate of drug-likeness (QED) is 0.818. The van der Waals surface area contributed by atoms with Gasteiger partial charge in [-0.15, -0.1) is 8.78 Å². The minimum absolute atomic E-state index is 0.00524. The van der Waals surface area contributed by atoms with Gasteiger partial charge in [-0.3, -0.25) is 4.90 Å². The lowest BCUT2D eigenvalue weighted by Crippen LogP contribution is -2.40. The van der Waals surface area contributed by atoms with Crippen LogP contribution in [0.25, 0.3) is 0 Å². The first-order valence-corrected chi connectivity index (χ1v) is 9.27. The molecule has 0 unspecified atom stereocenters. The van der Waals surface area contributed by atoms with Crippen molar-refractivity contribution < 1.29 is 23.0 Å². The van der Waals surface area contributed by atoms with E-state index in [1.807, 2.05) is 6.07 Å². The van der Waals surface area contributed by atoms with Crippen molar-refractivity contribution in [3.05, 3.63) is 23.8 Å². The largest absolute Gasteiger partial charge is 0.586 e. The highest BCUT2D eigenvalue weighted by atomic mass is 19.3. The van der Waals surface area contributed by atoms with Crippen LogP contribution in [0.3, 0.4) is 0 Å². The third-order valence-corrected chi connectivity index (χ3v) is 6.30. The summed E-state index contributed by atoms with van der Waals surface area (Å²) in [7, 11) is 4.24. The highest BCUT2D eigenvalue weighted by Gasteiger charge is 2.62. The second-order valence-electron chi connectivity index (χ2n) is 8.41. The van der Waals surface area contributed by atoms with Gasteiger partial charge in [-0.1, -0.05) is 6.07 Å². The zero-order valence-corrected chi connectivity index (χ0v) is 15.1. The van der Waals surface area contributed by atoms with Gasteiger partial charge in [0.25, 0.3) is 0 Å². The predicted octanol–water partition coefficient (Wildman–Crippen LogP) is 2.55. The molecule has 4 aliphatic heterocycles. The fraction of sp³-hybridized carbons (Fsp3) is 0.684. The Balaban J connectivity index is 1.30. The number of hydrogen-bond acceptors (Lipinski definition) is 5. The first-order chi connectivity index (χ1) is 12.3. The first-order valence-electron chi connectivity index (χ1n) is 9.27. The number of fused-ring (bicyclic) bond motifs is 2. The minimum Gasteiger partial charge on any atom is -0.395 e. The fourth-order valence-electron chi connectivity index (χ4n) is 5.42. The molecule has 0 saturated carbocycles. The molecule has 0 aliphatic carbocycles. The molecule has 3 fully saturated rings. The van der Waals surface area contributed by atoms with Crippen LogP contribution in [0.15, 0.2) is 18.2 Å². The summed E-state index contributed by atoms with van der Waals surface area (Å²) in [6.45, 7) is 3.69. The molecule has 26 heavy (non-hydrogen) atoms. The summed E-state index contributed by atoms with van der Waals surface area (Å²) in [5, 5.41) is 0. The Morgan fingerprint density at radius 3 is 2.85 bits per heavy atom. The number of likely N-dealkylation sites (tertiary alicyclic amines) is 1. The summed E-state index contributed by atoms with van der Waals surface area (Å²) < 4.78 is 41.9. The van der Waals surface area contributed by atoms with Gasteiger partial charge in [0.1, 0.15) is 0 Å². The van der Waals surface area contributed by atoms with Crippen molar-refractivity contribution in [2.75, 3.05) is 33.7 Å². The van der Waals surface area contributed by atoms with E-state index < -0.39 is 6.29 Å². The molecule has 7 heteroatoms. The molecule has 5 nitrogen and oxygen atoms in total. The van der Waals surface area contributed by atoms with Crippen LogP contribution in [0.5, 0.6) is 11.5 Å². The summed E-state index contributed by atoms with van der Waals surface area (Å²) in [5.41, 5.74) is 0.953. The monoisotopic (exact) mass is 366 g/mol. The lowest BCUT2D eigenvalue weighted by atomic mass is 9.73. The van der Waals surface area contributed by atoms with Crippen molar-refractivity contribution >= 4 is 0 Å². The van der Waals surface area contributed by atoms with Crippen LogP contribution in [-0.4, -0.2) is 61.5 Å². The van der Waals surface area contributed by atoms with Gasteiger partial charge in [-0.2, -0.15) is 0 Å². The van der Waals surface area contributed by atoms with Crippen molar-refractivity contribution in [1.82, 2.24) is 9.80 Å². The molecule has 142 valence electrons. The Kier molecular flexibility index (Phi) is 3.56. The molecule has 0 amide bonds. The van der Waals surface area contributed by atoms with Crippen LogP contribution in [0.2, 0.25) is 0 Å². The number of halogens is 2. The Bertz CT molecular complexity index is 729. The van der Waals surface area contributed by atoms with Crippen molar-refractivity contribution in [3.8, 4) is 11.5 Å². The predicted molar refractivity (Wildman–Crippen MR) is 90.3 cm³/mol. The smallest absolute Gasteiger partial charge is 0.395 e. The number of benzene rings is 1. The van der Waals surface area contributed by atoms with E-state index in [9.17, 15) is 8.78 Å². The zero-order chi connectivity index (χ0) is 18.1. The second-order valence-corrected chi connectivity index (χ2v) is 8.41. The molecule has 3 saturated heterocycles. The fourth-order valence-corrected chi connectivity index (χ4v) is 5.42. The Morgan fingerprint density at radius 2 is 2.04 bits per heavy atom. The van der Waals surface area contributed by atoms with Crippen molar-refractivity contribution in [2.45, 2.75) is 37.4 Å². The third-order valence-electron chi connectivity index (χ3n) is 6.30. The van der Waals surface area contributed by atoms with Gasteiger partial charge in [0.05, 0.1) is 11.7 Å². The summed E-state index contributed by atoms with van der Waals surface area (Å²) >= 11 is 0. The molecule has 1 aromatic carbocycles. The molecular weight excluding hydrogens is 342 g/mol. The van der Waals surface area contributed by atoms with E-state index >= 15 is 0 Å². The lowest BCUT2D eigenvalue weighted by Gasteiger charge is -2.31. The zero-order valence-electron chi connectivity index (χ0n) is 15.1. The van der Waals surface area contributed by atoms with Crippen molar-refractivity contribution in [3.63, 3.8) is 0 Å². The van der Waals surface area contributed by atoms with Gasteiger partial charge in [0.2, 0.25) is 0 Å². The molecule has 0 radical (unpaired) electrons. The van der Waals surface area contributed by atoms with Gasteiger partial charge >= 0.3 is 6.29 Å². The van der Waals surface area contributed by atoms with Crippen molar-refractivity contribution in [1.29, 1.82) is 0 Å². The molecule has 4 atom stereocenters. The number of ether oxygens (including phenoxy) is 3. The van der Waals surface area contributed by atoms with Crippen LogP contribution in [0, 0.1) is 11.8 Å². The van der Waals surface area contributed by atoms with Gasteiger partial charge < -0.3 is 19.1 Å². The average molecular weight is 366 g/mol. The van der Waals surface area contributed by atoms with E-state index in [1.54, 1.807) is 12.1 Å². The Morgan fingerprint density at radius 1 is 1.23 bits per heavy atom. The van der Waals surface area contributed by atoms with Gasteiger partial charge in [-0.25, -0.2) is 0 Å². The summed E-state index contributed by atoms with van der Waals surface area (Å²) in [5.74, 6) is 1.36. The maximum Gasteiger partial charge on any atom is 0.586 e. The molecule has 1 spiro atoms. The lowest BCUT2D eigenvalue weighted by molar-refractivity contribution is -0.286. The van der Waals surface area contributed by atoms with Crippen LogP contribution in [-0.2, 0) is 11.3 Å². The normalized spacial score (nSPS) is 36.9. The number of rotatable bonds is 4. The highest BCUT2D eigenvalue weighted by Crippen LogP contribution is 2.55. The Labute approximate surface area is 151 Å². The van der Waals surface area contributed by atoms with E-state index in [1.165, 1.54) is 0 Å². The van der Waals surface area contributed by atoms with Gasteiger partial charge in [0.15, 0.2) is 11.5 Å².